The van der Waals surface area contributed by atoms with E-state index in [0.717, 1.165) is 0 Å². The van der Waals surface area contributed by atoms with E-state index in [2.05, 4.69) is 9.73 Å². The molecular formula is C17H12ClNO5. The summed E-state index contributed by atoms with van der Waals surface area (Å²) in [6.07, 6.45) is 1.40. The van der Waals surface area contributed by atoms with Crippen LogP contribution in [0.5, 0.6) is 0 Å². The maximum Gasteiger partial charge on any atom is 0.363 e. The third kappa shape index (κ3) is 3.09. The molecule has 7 heteroatoms. The summed E-state index contributed by atoms with van der Waals surface area (Å²) in [6, 6.07) is 8.29. The average Bonchev–Trinajstić information content (AvgIpc) is 3.10. The number of esters is 2. The van der Waals surface area contributed by atoms with Gasteiger partial charge in [0.1, 0.15) is 17.1 Å². The normalized spacial score (nSPS) is 15.4. The van der Waals surface area contributed by atoms with Gasteiger partial charge in [-0.3, -0.25) is 0 Å². The van der Waals surface area contributed by atoms with E-state index in [9.17, 15) is 9.59 Å². The third-order valence-corrected chi connectivity index (χ3v) is 3.55. The second-order valence-corrected chi connectivity index (χ2v) is 5.39. The molecule has 122 valence electrons. The summed E-state index contributed by atoms with van der Waals surface area (Å²) in [5.74, 6) is -0.281. The number of rotatable bonds is 3. The SMILES string of the molecule is COC(=O)c1cc(/C=C2/N=C(c3cccc(Cl)c3)OC2=O)oc1C. The minimum Gasteiger partial charge on any atom is -0.465 e. The summed E-state index contributed by atoms with van der Waals surface area (Å²) in [5, 5.41) is 0.507. The Morgan fingerprint density at radius 2 is 2.12 bits per heavy atom. The van der Waals surface area contributed by atoms with Gasteiger partial charge in [0.15, 0.2) is 5.70 Å². The van der Waals surface area contributed by atoms with Crippen molar-refractivity contribution in [3.63, 3.8) is 0 Å². The Kier molecular flexibility index (Phi) is 4.22. The highest BCUT2D eigenvalue weighted by Crippen LogP contribution is 2.23. The quantitative estimate of drug-likeness (QED) is 0.629. The van der Waals surface area contributed by atoms with E-state index in [-0.39, 0.29) is 17.2 Å². The molecule has 0 saturated carbocycles. The number of methoxy groups -OCH3 is 1. The number of furan rings is 1. The number of hydrogen-bond donors (Lipinski definition) is 0. The monoisotopic (exact) mass is 345 g/mol. The Morgan fingerprint density at radius 3 is 2.83 bits per heavy atom. The highest BCUT2D eigenvalue weighted by Gasteiger charge is 2.25. The summed E-state index contributed by atoms with van der Waals surface area (Å²) < 4.78 is 15.2. The molecule has 0 aliphatic carbocycles. The summed E-state index contributed by atoms with van der Waals surface area (Å²) in [6.45, 7) is 1.63. The fourth-order valence-corrected chi connectivity index (χ4v) is 2.37. The van der Waals surface area contributed by atoms with Crippen molar-refractivity contribution in [3.8, 4) is 0 Å². The Hall–Kier alpha value is -2.86. The van der Waals surface area contributed by atoms with Crippen LogP contribution >= 0.6 is 11.6 Å². The second-order valence-electron chi connectivity index (χ2n) is 4.96. The lowest BCUT2D eigenvalue weighted by atomic mass is 10.2. The van der Waals surface area contributed by atoms with Crippen molar-refractivity contribution in [2.45, 2.75) is 6.92 Å². The van der Waals surface area contributed by atoms with Crippen molar-refractivity contribution < 1.29 is 23.5 Å². The van der Waals surface area contributed by atoms with Gasteiger partial charge in [0, 0.05) is 16.7 Å². The van der Waals surface area contributed by atoms with Gasteiger partial charge in [-0.1, -0.05) is 17.7 Å². The zero-order valence-corrected chi connectivity index (χ0v) is 13.6. The van der Waals surface area contributed by atoms with Crippen molar-refractivity contribution in [2.24, 2.45) is 4.99 Å². The molecule has 1 aliphatic rings. The first-order valence-electron chi connectivity index (χ1n) is 6.95. The standard InChI is InChI=1S/C17H12ClNO5/c1-9-13(16(20)22-2)7-12(23-9)8-14-17(21)24-15(19-14)10-4-3-5-11(18)6-10/h3-8H,1-2H3/b14-8+. The number of halogens is 1. The Labute approximate surface area is 142 Å². The molecule has 0 bridgehead atoms. The van der Waals surface area contributed by atoms with Crippen LogP contribution in [0.15, 0.2) is 45.4 Å². The molecule has 0 spiro atoms. The maximum absolute atomic E-state index is 12.0. The summed E-state index contributed by atoms with van der Waals surface area (Å²) in [7, 11) is 1.28. The molecule has 6 nitrogen and oxygen atoms in total. The van der Waals surface area contributed by atoms with Gasteiger partial charge in [-0.05, 0) is 31.2 Å². The number of nitrogens with zero attached hydrogens (tertiary/aromatic N) is 1. The van der Waals surface area contributed by atoms with Gasteiger partial charge < -0.3 is 13.9 Å². The van der Waals surface area contributed by atoms with Crippen LogP contribution in [0.1, 0.15) is 27.4 Å². The van der Waals surface area contributed by atoms with Crippen LogP contribution in [-0.2, 0) is 14.3 Å². The smallest absolute Gasteiger partial charge is 0.363 e. The molecule has 0 amide bonds. The van der Waals surface area contributed by atoms with Crippen molar-refractivity contribution in [2.75, 3.05) is 7.11 Å². The third-order valence-electron chi connectivity index (χ3n) is 3.31. The van der Waals surface area contributed by atoms with Gasteiger partial charge in [0.2, 0.25) is 5.90 Å². The molecule has 0 fully saturated rings. The number of hydrogen-bond acceptors (Lipinski definition) is 6. The van der Waals surface area contributed by atoms with Crippen LogP contribution in [0, 0.1) is 6.92 Å². The highest BCUT2D eigenvalue weighted by atomic mass is 35.5. The molecule has 1 aliphatic heterocycles. The van der Waals surface area contributed by atoms with Crippen LogP contribution < -0.4 is 0 Å². The largest absolute Gasteiger partial charge is 0.465 e. The van der Waals surface area contributed by atoms with Gasteiger partial charge in [-0.2, -0.15) is 0 Å². The lowest BCUT2D eigenvalue weighted by Crippen LogP contribution is -2.05. The van der Waals surface area contributed by atoms with Crippen LogP contribution in [0.4, 0.5) is 0 Å². The molecule has 0 saturated heterocycles. The fourth-order valence-electron chi connectivity index (χ4n) is 2.18. The molecule has 0 atom stereocenters. The number of ether oxygens (including phenoxy) is 2. The zero-order valence-electron chi connectivity index (χ0n) is 12.8. The molecule has 0 N–H and O–H groups in total. The summed E-state index contributed by atoms with van der Waals surface area (Å²) in [5.41, 5.74) is 0.940. The number of aliphatic imine (C=N–C) groups is 1. The van der Waals surface area contributed by atoms with Crippen molar-refractivity contribution in [3.05, 3.63) is 63.7 Å². The first-order chi connectivity index (χ1) is 11.5. The zero-order chi connectivity index (χ0) is 17.3. The molecule has 3 rings (SSSR count). The summed E-state index contributed by atoms with van der Waals surface area (Å²) in [4.78, 5) is 27.7. The van der Waals surface area contributed by atoms with Crippen molar-refractivity contribution in [1.29, 1.82) is 0 Å². The van der Waals surface area contributed by atoms with Crippen molar-refractivity contribution in [1.82, 2.24) is 0 Å². The molecule has 24 heavy (non-hydrogen) atoms. The van der Waals surface area contributed by atoms with Crippen LogP contribution in [0.3, 0.4) is 0 Å². The Balaban J connectivity index is 1.93. The molecular weight excluding hydrogens is 334 g/mol. The van der Waals surface area contributed by atoms with E-state index < -0.39 is 11.9 Å². The summed E-state index contributed by atoms with van der Waals surface area (Å²) >= 11 is 5.92. The van der Waals surface area contributed by atoms with E-state index in [1.54, 1.807) is 31.2 Å². The molecule has 1 aromatic carbocycles. The first kappa shape index (κ1) is 16.0. The van der Waals surface area contributed by atoms with Crippen LogP contribution in [0.25, 0.3) is 6.08 Å². The number of benzene rings is 1. The number of cyclic esters (lactones) is 1. The Morgan fingerprint density at radius 1 is 1.33 bits per heavy atom. The van der Waals surface area contributed by atoms with Gasteiger partial charge in [0.05, 0.1) is 7.11 Å². The second kappa shape index (κ2) is 6.33. The van der Waals surface area contributed by atoms with E-state index in [0.29, 0.717) is 22.1 Å². The molecule has 0 radical (unpaired) electrons. The topological polar surface area (TPSA) is 78.1 Å². The maximum atomic E-state index is 12.0. The predicted molar refractivity (Wildman–Crippen MR) is 86.8 cm³/mol. The van der Waals surface area contributed by atoms with Crippen LogP contribution in [-0.4, -0.2) is 24.9 Å². The number of aryl methyl sites for hydroxylation is 1. The number of carbonyl (C=O) groups excluding carboxylic acids is 2. The minimum atomic E-state index is -0.612. The van der Waals surface area contributed by atoms with Crippen LogP contribution in [0.2, 0.25) is 5.02 Å². The van der Waals surface area contributed by atoms with E-state index >= 15 is 0 Å². The van der Waals surface area contributed by atoms with Gasteiger partial charge >= 0.3 is 11.9 Å². The molecule has 0 unspecified atom stereocenters. The molecule has 2 aromatic rings. The van der Waals surface area contributed by atoms with Crippen molar-refractivity contribution >= 4 is 35.5 Å². The predicted octanol–water partition coefficient (Wildman–Crippen LogP) is 3.37. The lowest BCUT2D eigenvalue weighted by molar-refractivity contribution is -0.129. The van der Waals surface area contributed by atoms with E-state index in [1.807, 2.05) is 0 Å². The van der Waals surface area contributed by atoms with Gasteiger partial charge in [0.25, 0.3) is 0 Å². The molecule has 2 heterocycles. The van der Waals surface area contributed by atoms with Gasteiger partial charge in [-0.15, -0.1) is 0 Å². The van der Waals surface area contributed by atoms with Gasteiger partial charge in [-0.25, -0.2) is 14.6 Å². The highest BCUT2D eigenvalue weighted by molar-refractivity contribution is 6.31. The minimum absolute atomic E-state index is 0.0649. The fraction of sp³-hybridized carbons (Fsp3) is 0.118. The lowest BCUT2D eigenvalue weighted by Gasteiger charge is -1.98. The average molecular weight is 346 g/mol. The number of carbonyl (C=O) groups is 2. The van der Waals surface area contributed by atoms with E-state index in [4.69, 9.17) is 20.8 Å². The van der Waals surface area contributed by atoms with E-state index in [1.165, 1.54) is 19.3 Å². The Bertz CT molecular complexity index is 894. The first-order valence-corrected chi connectivity index (χ1v) is 7.33. The molecule has 1 aromatic heterocycles.